The topological polar surface area (TPSA) is 64.8 Å². The first-order chi connectivity index (χ1) is 11.8. The smallest absolute Gasteiger partial charge is 0.387 e. The highest BCUT2D eigenvalue weighted by molar-refractivity contribution is 5.85. The van der Waals surface area contributed by atoms with Crippen LogP contribution in [0.5, 0.6) is 11.5 Å². The largest absolute Gasteiger partial charge is 0.490 e. The third-order valence-corrected chi connectivity index (χ3v) is 4.49. The van der Waals surface area contributed by atoms with Crippen molar-refractivity contribution in [1.82, 2.24) is 4.90 Å². The molecule has 1 rings (SSSR count). The molecule has 0 radical (unpaired) electrons. The molecule has 0 fully saturated rings. The molecule has 0 spiro atoms. The second-order valence-electron chi connectivity index (χ2n) is 5.95. The summed E-state index contributed by atoms with van der Waals surface area (Å²) in [4.78, 5) is 14.4. The first-order valence-corrected chi connectivity index (χ1v) is 8.49. The van der Waals surface area contributed by atoms with Gasteiger partial charge < -0.3 is 20.1 Å². The van der Waals surface area contributed by atoms with Crippen LogP contribution in [0, 0.1) is 5.41 Å². The Morgan fingerprint density at radius 1 is 1.23 bits per heavy atom. The minimum absolute atomic E-state index is 0. The Labute approximate surface area is 160 Å². The van der Waals surface area contributed by atoms with Gasteiger partial charge in [-0.3, -0.25) is 4.79 Å². The molecule has 8 heteroatoms. The molecular weight excluding hydrogens is 366 g/mol. The number of carbonyl (C=O) groups excluding carboxylic acids is 1. The highest BCUT2D eigenvalue weighted by Crippen LogP contribution is 2.31. The molecule has 0 saturated heterocycles. The van der Waals surface area contributed by atoms with E-state index in [0.29, 0.717) is 26.0 Å². The minimum atomic E-state index is -2.92. The van der Waals surface area contributed by atoms with Crippen molar-refractivity contribution in [2.45, 2.75) is 46.8 Å². The van der Waals surface area contributed by atoms with Gasteiger partial charge >= 0.3 is 6.61 Å². The van der Waals surface area contributed by atoms with Gasteiger partial charge in [-0.05, 0) is 37.5 Å². The summed E-state index contributed by atoms with van der Waals surface area (Å²) >= 11 is 0. The number of nitrogens with two attached hydrogens (primary N) is 1. The van der Waals surface area contributed by atoms with Crippen molar-refractivity contribution in [3.63, 3.8) is 0 Å². The maximum atomic E-state index is 12.8. The summed E-state index contributed by atoms with van der Waals surface area (Å²) in [7, 11) is 1.71. The van der Waals surface area contributed by atoms with Crippen molar-refractivity contribution >= 4 is 18.3 Å². The molecule has 1 aromatic rings. The predicted octanol–water partition coefficient (Wildman–Crippen LogP) is 3.83. The Bertz CT molecular complexity index is 561. The highest BCUT2D eigenvalue weighted by Gasteiger charge is 2.35. The van der Waals surface area contributed by atoms with Crippen LogP contribution in [0.1, 0.15) is 39.2 Å². The van der Waals surface area contributed by atoms with Gasteiger partial charge in [0, 0.05) is 20.1 Å². The number of carbonyl (C=O) groups is 1. The van der Waals surface area contributed by atoms with E-state index in [1.807, 2.05) is 13.8 Å². The van der Waals surface area contributed by atoms with Crippen LogP contribution in [0.3, 0.4) is 0 Å². The normalized spacial score (nSPS) is 11.1. The van der Waals surface area contributed by atoms with E-state index in [1.54, 1.807) is 31.0 Å². The van der Waals surface area contributed by atoms with Gasteiger partial charge in [-0.1, -0.05) is 19.9 Å². The molecule has 0 aliphatic carbocycles. The van der Waals surface area contributed by atoms with E-state index >= 15 is 0 Å². The fourth-order valence-corrected chi connectivity index (χ4v) is 2.79. The Hall–Kier alpha value is -1.60. The van der Waals surface area contributed by atoms with Crippen molar-refractivity contribution in [2.75, 3.05) is 20.2 Å². The summed E-state index contributed by atoms with van der Waals surface area (Å²) in [6.45, 7) is 3.67. The van der Waals surface area contributed by atoms with Gasteiger partial charge in [-0.2, -0.15) is 8.78 Å². The van der Waals surface area contributed by atoms with Crippen LogP contribution in [0.25, 0.3) is 0 Å². The maximum absolute atomic E-state index is 12.8. The highest BCUT2D eigenvalue weighted by atomic mass is 35.5. The average Bonchev–Trinajstić information content (AvgIpc) is 2.59. The van der Waals surface area contributed by atoms with Crippen LogP contribution in [-0.4, -0.2) is 37.6 Å². The number of hydrogen-bond donors (Lipinski definition) is 1. The number of amides is 1. The number of alkyl halides is 2. The number of ether oxygens (including phenoxy) is 2. The van der Waals surface area contributed by atoms with E-state index in [1.165, 1.54) is 6.07 Å². The molecule has 0 atom stereocenters. The van der Waals surface area contributed by atoms with E-state index in [4.69, 9.17) is 10.5 Å². The predicted molar refractivity (Wildman–Crippen MR) is 100 cm³/mol. The van der Waals surface area contributed by atoms with Gasteiger partial charge in [-0.15, -0.1) is 12.4 Å². The summed E-state index contributed by atoms with van der Waals surface area (Å²) < 4.78 is 34.8. The Morgan fingerprint density at radius 3 is 2.31 bits per heavy atom. The number of halogens is 3. The van der Waals surface area contributed by atoms with Crippen molar-refractivity contribution in [2.24, 2.45) is 11.1 Å². The molecule has 0 aliphatic heterocycles. The number of hydrogen-bond acceptors (Lipinski definition) is 4. The van der Waals surface area contributed by atoms with Gasteiger partial charge in [0.15, 0.2) is 11.5 Å². The van der Waals surface area contributed by atoms with Crippen LogP contribution < -0.4 is 15.2 Å². The standard InChI is InChI=1S/C18H28F2N2O3.ClH/c1-5-18(6-2,12-21)16(23)22(4)11-13-8-9-14(25-17(19)20)15(10-13)24-7-3;/h8-10,17H,5-7,11-12,21H2,1-4H3;1H. The minimum Gasteiger partial charge on any atom is -0.490 e. The lowest BCUT2D eigenvalue weighted by Crippen LogP contribution is -2.45. The molecule has 1 amide bonds. The van der Waals surface area contributed by atoms with E-state index in [2.05, 4.69) is 4.74 Å². The van der Waals surface area contributed by atoms with Crippen molar-refractivity contribution in [3.8, 4) is 11.5 Å². The van der Waals surface area contributed by atoms with E-state index in [0.717, 1.165) is 5.56 Å². The second-order valence-corrected chi connectivity index (χ2v) is 5.95. The molecule has 0 aromatic heterocycles. The molecule has 150 valence electrons. The zero-order valence-corrected chi connectivity index (χ0v) is 16.6. The lowest BCUT2D eigenvalue weighted by Gasteiger charge is -2.33. The van der Waals surface area contributed by atoms with Gasteiger partial charge in [0.2, 0.25) is 5.91 Å². The van der Waals surface area contributed by atoms with Gasteiger partial charge in [0.05, 0.1) is 12.0 Å². The fourth-order valence-electron chi connectivity index (χ4n) is 2.79. The lowest BCUT2D eigenvalue weighted by atomic mass is 9.81. The summed E-state index contributed by atoms with van der Waals surface area (Å²) in [5.74, 6) is 0.191. The summed E-state index contributed by atoms with van der Waals surface area (Å²) in [5, 5.41) is 0. The molecule has 0 aliphatic rings. The van der Waals surface area contributed by atoms with Crippen LogP contribution in [0.2, 0.25) is 0 Å². The van der Waals surface area contributed by atoms with Gasteiger partial charge in [0.1, 0.15) is 0 Å². The Morgan fingerprint density at radius 2 is 1.85 bits per heavy atom. The van der Waals surface area contributed by atoms with Crippen molar-refractivity contribution in [1.29, 1.82) is 0 Å². The quantitative estimate of drug-likeness (QED) is 0.655. The summed E-state index contributed by atoms with van der Waals surface area (Å²) in [6.07, 6.45) is 1.32. The molecule has 0 unspecified atom stereocenters. The molecule has 2 N–H and O–H groups in total. The summed E-state index contributed by atoms with van der Waals surface area (Å²) in [5.41, 5.74) is 6.03. The van der Waals surface area contributed by atoms with E-state index in [9.17, 15) is 13.6 Å². The van der Waals surface area contributed by atoms with Crippen LogP contribution >= 0.6 is 12.4 Å². The molecular formula is C18H29ClF2N2O3. The van der Waals surface area contributed by atoms with E-state index < -0.39 is 12.0 Å². The van der Waals surface area contributed by atoms with E-state index in [-0.39, 0.29) is 36.4 Å². The molecule has 0 heterocycles. The molecule has 0 saturated carbocycles. The maximum Gasteiger partial charge on any atom is 0.387 e. The molecule has 26 heavy (non-hydrogen) atoms. The number of rotatable bonds is 10. The first kappa shape index (κ1) is 24.4. The molecule has 1 aromatic carbocycles. The zero-order valence-electron chi connectivity index (χ0n) is 15.8. The Kier molecular flexibility index (Phi) is 10.5. The monoisotopic (exact) mass is 394 g/mol. The Balaban J connectivity index is 0.00000625. The average molecular weight is 395 g/mol. The zero-order chi connectivity index (χ0) is 19.0. The SMILES string of the molecule is CCOc1cc(CN(C)C(=O)C(CC)(CC)CN)ccc1OC(F)F.Cl. The molecule has 0 bridgehead atoms. The van der Waals surface area contributed by atoms with Crippen molar-refractivity contribution in [3.05, 3.63) is 23.8 Å². The lowest BCUT2D eigenvalue weighted by molar-refractivity contribution is -0.141. The number of benzene rings is 1. The van der Waals surface area contributed by atoms with Gasteiger partial charge in [0.25, 0.3) is 0 Å². The van der Waals surface area contributed by atoms with Gasteiger partial charge in [-0.25, -0.2) is 0 Å². The summed E-state index contributed by atoms with van der Waals surface area (Å²) in [6, 6.07) is 4.69. The van der Waals surface area contributed by atoms with Crippen LogP contribution in [0.4, 0.5) is 8.78 Å². The van der Waals surface area contributed by atoms with Crippen LogP contribution in [0.15, 0.2) is 18.2 Å². The van der Waals surface area contributed by atoms with Crippen LogP contribution in [-0.2, 0) is 11.3 Å². The third kappa shape index (κ3) is 5.99. The second kappa shape index (κ2) is 11.2. The molecule has 5 nitrogen and oxygen atoms in total. The number of nitrogens with zero attached hydrogens (tertiary/aromatic N) is 1. The van der Waals surface area contributed by atoms with Crippen molar-refractivity contribution < 1.29 is 23.0 Å². The third-order valence-electron chi connectivity index (χ3n) is 4.49. The first-order valence-electron chi connectivity index (χ1n) is 8.49. The fraction of sp³-hybridized carbons (Fsp3) is 0.611.